The maximum absolute atomic E-state index is 12.4. The van der Waals surface area contributed by atoms with Crippen molar-refractivity contribution in [2.45, 2.75) is 6.54 Å². The SMILES string of the molecule is COCCNc1nccc(C(=O)N(C)Cc2ccccc2)n1. The first-order valence-electron chi connectivity index (χ1n) is 7.06. The quantitative estimate of drug-likeness (QED) is 0.790. The summed E-state index contributed by atoms with van der Waals surface area (Å²) in [6.45, 7) is 1.68. The van der Waals surface area contributed by atoms with Crippen LogP contribution in [0.15, 0.2) is 42.6 Å². The molecule has 0 spiro atoms. The third kappa shape index (κ3) is 4.53. The van der Waals surface area contributed by atoms with Gasteiger partial charge in [0.1, 0.15) is 5.69 Å². The monoisotopic (exact) mass is 300 g/mol. The summed E-state index contributed by atoms with van der Waals surface area (Å²) in [5.41, 5.74) is 1.44. The number of rotatable bonds is 7. The van der Waals surface area contributed by atoms with Crippen molar-refractivity contribution < 1.29 is 9.53 Å². The number of anilines is 1. The zero-order chi connectivity index (χ0) is 15.8. The Morgan fingerprint density at radius 3 is 2.77 bits per heavy atom. The number of nitrogens with zero attached hydrogens (tertiary/aromatic N) is 3. The molecule has 0 saturated carbocycles. The van der Waals surface area contributed by atoms with Gasteiger partial charge in [0.2, 0.25) is 5.95 Å². The van der Waals surface area contributed by atoms with Crippen molar-refractivity contribution in [3.63, 3.8) is 0 Å². The number of hydrogen-bond acceptors (Lipinski definition) is 5. The molecule has 22 heavy (non-hydrogen) atoms. The number of carbonyl (C=O) groups is 1. The summed E-state index contributed by atoms with van der Waals surface area (Å²) in [6.07, 6.45) is 1.58. The fourth-order valence-electron chi connectivity index (χ4n) is 1.95. The van der Waals surface area contributed by atoms with Crippen molar-refractivity contribution in [1.29, 1.82) is 0 Å². The molecule has 0 aliphatic heterocycles. The molecule has 0 aliphatic carbocycles. The van der Waals surface area contributed by atoms with E-state index < -0.39 is 0 Å². The number of amides is 1. The molecule has 116 valence electrons. The molecule has 6 nitrogen and oxygen atoms in total. The second kappa shape index (κ2) is 8.09. The van der Waals surface area contributed by atoms with Gasteiger partial charge < -0.3 is 15.0 Å². The summed E-state index contributed by atoms with van der Waals surface area (Å²) in [4.78, 5) is 22.4. The zero-order valence-electron chi connectivity index (χ0n) is 12.8. The van der Waals surface area contributed by atoms with Gasteiger partial charge in [-0.25, -0.2) is 9.97 Å². The van der Waals surface area contributed by atoms with Crippen molar-refractivity contribution >= 4 is 11.9 Å². The third-order valence-electron chi connectivity index (χ3n) is 3.07. The van der Waals surface area contributed by atoms with Gasteiger partial charge in [-0.05, 0) is 11.6 Å². The van der Waals surface area contributed by atoms with Crippen LogP contribution < -0.4 is 5.32 Å². The van der Waals surface area contributed by atoms with E-state index in [4.69, 9.17) is 4.74 Å². The average molecular weight is 300 g/mol. The van der Waals surface area contributed by atoms with Crippen LogP contribution in [0.2, 0.25) is 0 Å². The van der Waals surface area contributed by atoms with E-state index in [-0.39, 0.29) is 5.91 Å². The second-order valence-corrected chi connectivity index (χ2v) is 4.83. The molecule has 1 aromatic heterocycles. The lowest BCUT2D eigenvalue weighted by Crippen LogP contribution is -2.27. The number of nitrogens with one attached hydrogen (secondary N) is 1. The largest absolute Gasteiger partial charge is 0.383 e. The first-order chi connectivity index (χ1) is 10.7. The van der Waals surface area contributed by atoms with Gasteiger partial charge in [0, 0.05) is 33.4 Å². The summed E-state index contributed by atoms with van der Waals surface area (Å²) >= 11 is 0. The van der Waals surface area contributed by atoms with E-state index in [1.165, 1.54) is 0 Å². The Balaban J connectivity index is 2.00. The molecule has 1 amide bonds. The highest BCUT2D eigenvalue weighted by atomic mass is 16.5. The number of hydrogen-bond donors (Lipinski definition) is 1. The van der Waals surface area contributed by atoms with Crippen LogP contribution in [0.25, 0.3) is 0 Å². The fraction of sp³-hybridized carbons (Fsp3) is 0.312. The summed E-state index contributed by atoms with van der Waals surface area (Å²) in [7, 11) is 3.39. The Bertz CT molecular complexity index is 604. The summed E-state index contributed by atoms with van der Waals surface area (Å²) in [5, 5.41) is 3.01. The smallest absolute Gasteiger partial charge is 0.272 e. The topological polar surface area (TPSA) is 67.3 Å². The van der Waals surface area contributed by atoms with Crippen molar-refractivity contribution in [3.8, 4) is 0 Å². The van der Waals surface area contributed by atoms with Crippen molar-refractivity contribution in [1.82, 2.24) is 14.9 Å². The Morgan fingerprint density at radius 2 is 2.05 bits per heavy atom. The van der Waals surface area contributed by atoms with Crippen molar-refractivity contribution in [2.24, 2.45) is 0 Å². The van der Waals surface area contributed by atoms with Gasteiger partial charge in [-0.3, -0.25) is 4.79 Å². The van der Waals surface area contributed by atoms with Crippen LogP contribution in [0, 0.1) is 0 Å². The molecule has 0 unspecified atom stereocenters. The number of aromatic nitrogens is 2. The standard InChI is InChI=1S/C16H20N4O2/c1-20(12-13-6-4-3-5-7-13)15(21)14-8-9-17-16(19-14)18-10-11-22-2/h3-9H,10-12H2,1-2H3,(H,17,18,19). The summed E-state index contributed by atoms with van der Waals surface area (Å²) < 4.78 is 4.95. The van der Waals surface area contributed by atoms with Crippen LogP contribution in [-0.4, -0.2) is 48.1 Å². The summed E-state index contributed by atoms with van der Waals surface area (Å²) in [6, 6.07) is 11.5. The highest BCUT2D eigenvalue weighted by Gasteiger charge is 2.14. The number of methoxy groups -OCH3 is 1. The maximum Gasteiger partial charge on any atom is 0.272 e. The fourth-order valence-corrected chi connectivity index (χ4v) is 1.95. The Labute approximate surface area is 130 Å². The van der Waals surface area contributed by atoms with Gasteiger partial charge in [-0.2, -0.15) is 0 Å². The van der Waals surface area contributed by atoms with Crippen LogP contribution >= 0.6 is 0 Å². The first-order valence-corrected chi connectivity index (χ1v) is 7.06. The Morgan fingerprint density at radius 1 is 1.27 bits per heavy atom. The molecule has 0 radical (unpaired) electrons. The van der Waals surface area contributed by atoms with Gasteiger partial charge in [0.25, 0.3) is 5.91 Å². The Hall–Kier alpha value is -2.47. The van der Waals surface area contributed by atoms with Gasteiger partial charge in [0.15, 0.2) is 0 Å². The van der Waals surface area contributed by atoms with E-state index in [1.807, 2.05) is 30.3 Å². The normalized spacial score (nSPS) is 10.3. The lowest BCUT2D eigenvalue weighted by atomic mass is 10.2. The molecule has 0 aliphatic rings. The van der Waals surface area contributed by atoms with Crippen LogP contribution in [0.3, 0.4) is 0 Å². The molecule has 2 aromatic rings. The van der Waals surface area contributed by atoms with Crippen LogP contribution in [0.5, 0.6) is 0 Å². The van der Waals surface area contributed by atoms with E-state index in [0.29, 0.717) is 31.3 Å². The van der Waals surface area contributed by atoms with E-state index >= 15 is 0 Å². The van der Waals surface area contributed by atoms with Gasteiger partial charge in [-0.1, -0.05) is 30.3 Å². The van der Waals surface area contributed by atoms with Crippen molar-refractivity contribution in [3.05, 3.63) is 53.9 Å². The first kappa shape index (κ1) is 15.9. The van der Waals surface area contributed by atoms with Gasteiger partial charge in [0.05, 0.1) is 6.61 Å². The minimum Gasteiger partial charge on any atom is -0.383 e. The highest BCUT2D eigenvalue weighted by Crippen LogP contribution is 2.08. The molecule has 6 heteroatoms. The second-order valence-electron chi connectivity index (χ2n) is 4.83. The van der Waals surface area contributed by atoms with Crippen LogP contribution in [0.1, 0.15) is 16.1 Å². The summed E-state index contributed by atoms with van der Waals surface area (Å²) in [5.74, 6) is 0.289. The lowest BCUT2D eigenvalue weighted by Gasteiger charge is -2.17. The minimum atomic E-state index is -0.138. The van der Waals surface area contributed by atoms with E-state index in [1.54, 1.807) is 31.3 Å². The van der Waals surface area contributed by atoms with Crippen LogP contribution in [-0.2, 0) is 11.3 Å². The highest BCUT2D eigenvalue weighted by molar-refractivity contribution is 5.92. The van der Waals surface area contributed by atoms with E-state index in [2.05, 4.69) is 15.3 Å². The molecular weight excluding hydrogens is 280 g/mol. The van der Waals surface area contributed by atoms with Crippen LogP contribution in [0.4, 0.5) is 5.95 Å². The molecule has 0 bridgehead atoms. The van der Waals surface area contributed by atoms with Crippen molar-refractivity contribution in [2.75, 3.05) is 32.6 Å². The third-order valence-corrected chi connectivity index (χ3v) is 3.07. The molecule has 1 N–H and O–H groups in total. The molecule has 0 saturated heterocycles. The van der Waals surface area contributed by atoms with Gasteiger partial charge >= 0.3 is 0 Å². The molecule has 1 heterocycles. The average Bonchev–Trinajstić information content (AvgIpc) is 2.55. The maximum atomic E-state index is 12.4. The molecule has 0 atom stereocenters. The number of ether oxygens (including phenoxy) is 1. The molecule has 2 rings (SSSR count). The predicted molar refractivity (Wildman–Crippen MR) is 84.6 cm³/mol. The van der Waals surface area contributed by atoms with E-state index in [9.17, 15) is 4.79 Å². The number of benzene rings is 1. The molecule has 1 aromatic carbocycles. The minimum absolute atomic E-state index is 0.138. The van der Waals surface area contributed by atoms with E-state index in [0.717, 1.165) is 5.56 Å². The van der Waals surface area contributed by atoms with Gasteiger partial charge in [-0.15, -0.1) is 0 Å². The zero-order valence-corrected chi connectivity index (χ0v) is 12.8. The number of carbonyl (C=O) groups excluding carboxylic acids is 1. The Kier molecular flexibility index (Phi) is 5.85. The predicted octanol–water partition coefficient (Wildman–Crippen LogP) is 1.81. The molecule has 0 fully saturated rings. The molecular formula is C16H20N4O2. The lowest BCUT2D eigenvalue weighted by molar-refractivity contribution is 0.0779.